The van der Waals surface area contributed by atoms with E-state index in [0.29, 0.717) is 17.7 Å². The number of carboxylic acids is 1. The van der Waals surface area contributed by atoms with Crippen LogP contribution >= 0.6 is 0 Å². The van der Waals surface area contributed by atoms with Crippen LogP contribution in [0.25, 0.3) is 0 Å². The lowest BCUT2D eigenvalue weighted by molar-refractivity contribution is -0.137. The quantitative estimate of drug-likeness (QED) is 0.728. The van der Waals surface area contributed by atoms with Crippen LogP contribution in [-0.2, 0) is 4.79 Å². The van der Waals surface area contributed by atoms with Crippen molar-refractivity contribution >= 4 is 17.6 Å². The van der Waals surface area contributed by atoms with Crippen molar-refractivity contribution in [2.24, 2.45) is 0 Å². The molecule has 1 atom stereocenters. The molecule has 0 aromatic carbocycles. The van der Waals surface area contributed by atoms with Crippen LogP contribution in [0, 0.1) is 6.92 Å². The molecule has 6 nitrogen and oxygen atoms in total. The maximum Gasteiger partial charge on any atom is 0.305 e. The summed E-state index contributed by atoms with van der Waals surface area (Å²) in [5.41, 5.74) is 0. The number of rotatable bonds is 6. The molecule has 1 aromatic rings. The Morgan fingerprint density at radius 3 is 2.74 bits per heavy atom. The van der Waals surface area contributed by atoms with Gasteiger partial charge in [-0.25, -0.2) is 9.97 Å². The van der Waals surface area contributed by atoms with E-state index in [1.807, 2.05) is 19.9 Å². The van der Waals surface area contributed by atoms with Gasteiger partial charge in [0.2, 0.25) is 0 Å². The standard InChI is InChI=1S/C13H20N4O2/c1-8(6-13(18)19)14-11-7-12(16-9(2)15-11)17-10-4-3-5-10/h7-8,10H,3-6H2,1-2H3,(H,18,19)(H2,14,15,16,17). The first-order chi connectivity index (χ1) is 9.02. The molecule has 0 spiro atoms. The summed E-state index contributed by atoms with van der Waals surface area (Å²) in [6, 6.07) is 2.19. The van der Waals surface area contributed by atoms with E-state index >= 15 is 0 Å². The van der Waals surface area contributed by atoms with Crippen LogP contribution in [0.4, 0.5) is 11.6 Å². The molecule has 1 aliphatic carbocycles. The molecule has 0 bridgehead atoms. The van der Waals surface area contributed by atoms with Gasteiger partial charge >= 0.3 is 5.97 Å². The van der Waals surface area contributed by atoms with E-state index in [2.05, 4.69) is 20.6 Å². The number of carbonyl (C=O) groups is 1. The van der Waals surface area contributed by atoms with Crippen LogP contribution in [0.5, 0.6) is 0 Å². The van der Waals surface area contributed by atoms with Gasteiger partial charge < -0.3 is 15.7 Å². The van der Waals surface area contributed by atoms with Gasteiger partial charge in [0.05, 0.1) is 6.42 Å². The van der Waals surface area contributed by atoms with E-state index < -0.39 is 5.97 Å². The van der Waals surface area contributed by atoms with Gasteiger partial charge in [-0.05, 0) is 33.1 Å². The van der Waals surface area contributed by atoms with E-state index in [4.69, 9.17) is 5.11 Å². The summed E-state index contributed by atoms with van der Waals surface area (Å²) in [4.78, 5) is 19.3. The van der Waals surface area contributed by atoms with Gasteiger partial charge in [0.15, 0.2) is 0 Å². The zero-order chi connectivity index (χ0) is 13.8. The van der Waals surface area contributed by atoms with Crippen molar-refractivity contribution in [3.63, 3.8) is 0 Å². The second-order valence-electron chi connectivity index (χ2n) is 5.10. The third kappa shape index (κ3) is 4.08. The van der Waals surface area contributed by atoms with Crippen LogP contribution in [0.2, 0.25) is 0 Å². The zero-order valence-electron chi connectivity index (χ0n) is 11.3. The Bertz CT molecular complexity index is 460. The molecule has 19 heavy (non-hydrogen) atoms. The summed E-state index contributed by atoms with van der Waals surface area (Å²) in [5, 5.41) is 15.2. The normalized spacial score (nSPS) is 16.5. The molecule has 0 aliphatic heterocycles. The first kappa shape index (κ1) is 13.6. The number of carboxylic acid groups (broad SMARTS) is 1. The summed E-state index contributed by atoms with van der Waals surface area (Å²) < 4.78 is 0. The molecular formula is C13H20N4O2. The Morgan fingerprint density at radius 1 is 1.47 bits per heavy atom. The lowest BCUT2D eigenvalue weighted by Gasteiger charge is -2.27. The fourth-order valence-corrected chi connectivity index (χ4v) is 2.04. The van der Waals surface area contributed by atoms with E-state index in [1.54, 1.807) is 0 Å². The van der Waals surface area contributed by atoms with Crippen molar-refractivity contribution < 1.29 is 9.90 Å². The molecule has 1 aromatic heterocycles. The Morgan fingerprint density at radius 2 is 2.16 bits per heavy atom. The highest BCUT2D eigenvalue weighted by atomic mass is 16.4. The highest BCUT2D eigenvalue weighted by Crippen LogP contribution is 2.23. The fourth-order valence-electron chi connectivity index (χ4n) is 2.04. The Kier molecular flexibility index (Phi) is 4.19. The van der Waals surface area contributed by atoms with Crippen molar-refractivity contribution in [2.75, 3.05) is 10.6 Å². The van der Waals surface area contributed by atoms with Crippen LogP contribution in [0.1, 0.15) is 38.4 Å². The smallest absolute Gasteiger partial charge is 0.305 e. The van der Waals surface area contributed by atoms with Crippen molar-refractivity contribution in [2.45, 2.75) is 51.6 Å². The molecule has 1 fully saturated rings. The average Bonchev–Trinajstić information content (AvgIpc) is 2.21. The van der Waals surface area contributed by atoms with Crippen LogP contribution < -0.4 is 10.6 Å². The molecule has 1 aliphatic rings. The Labute approximate surface area is 112 Å². The van der Waals surface area contributed by atoms with E-state index in [0.717, 1.165) is 5.82 Å². The highest BCUT2D eigenvalue weighted by Gasteiger charge is 2.18. The predicted octanol–water partition coefficient (Wildman–Crippen LogP) is 2.02. The van der Waals surface area contributed by atoms with Crippen LogP contribution in [0.3, 0.4) is 0 Å². The summed E-state index contributed by atoms with van der Waals surface area (Å²) in [6.45, 7) is 3.66. The third-order valence-electron chi connectivity index (χ3n) is 3.17. The van der Waals surface area contributed by atoms with Gasteiger partial charge in [-0.2, -0.15) is 0 Å². The number of nitrogens with one attached hydrogen (secondary N) is 2. The average molecular weight is 264 g/mol. The summed E-state index contributed by atoms with van der Waals surface area (Å²) in [5.74, 6) is 1.33. The van der Waals surface area contributed by atoms with E-state index in [1.165, 1.54) is 19.3 Å². The van der Waals surface area contributed by atoms with Crippen LogP contribution in [-0.4, -0.2) is 33.1 Å². The molecule has 1 saturated carbocycles. The second-order valence-corrected chi connectivity index (χ2v) is 5.10. The zero-order valence-corrected chi connectivity index (χ0v) is 11.3. The molecule has 1 heterocycles. The molecule has 104 valence electrons. The Hall–Kier alpha value is -1.85. The molecule has 2 rings (SSSR count). The van der Waals surface area contributed by atoms with Gasteiger partial charge in [-0.15, -0.1) is 0 Å². The van der Waals surface area contributed by atoms with Crippen molar-refractivity contribution in [1.29, 1.82) is 0 Å². The molecule has 0 amide bonds. The molecule has 0 saturated heterocycles. The summed E-state index contributed by atoms with van der Waals surface area (Å²) >= 11 is 0. The van der Waals surface area contributed by atoms with Crippen molar-refractivity contribution in [3.05, 3.63) is 11.9 Å². The molecule has 0 radical (unpaired) electrons. The first-order valence-electron chi connectivity index (χ1n) is 6.63. The first-order valence-corrected chi connectivity index (χ1v) is 6.63. The number of hydrogen-bond acceptors (Lipinski definition) is 5. The minimum atomic E-state index is -0.821. The lowest BCUT2D eigenvalue weighted by Crippen LogP contribution is -2.28. The Balaban J connectivity index is 2.00. The minimum Gasteiger partial charge on any atom is -0.481 e. The topological polar surface area (TPSA) is 87.1 Å². The van der Waals surface area contributed by atoms with Gasteiger partial charge in [0, 0.05) is 18.2 Å². The van der Waals surface area contributed by atoms with Crippen molar-refractivity contribution in [3.8, 4) is 0 Å². The fraction of sp³-hybridized carbons (Fsp3) is 0.615. The SMILES string of the molecule is Cc1nc(NC(C)CC(=O)O)cc(NC2CCC2)n1. The number of aromatic nitrogens is 2. The maximum atomic E-state index is 10.6. The van der Waals surface area contributed by atoms with Gasteiger partial charge in [0.25, 0.3) is 0 Å². The van der Waals surface area contributed by atoms with Crippen molar-refractivity contribution in [1.82, 2.24) is 9.97 Å². The summed E-state index contributed by atoms with van der Waals surface area (Å²) in [6.07, 6.45) is 3.69. The second kappa shape index (κ2) is 5.86. The molecule has 1 unspecified atom stereocenters. The lowest BCUT2D eigenvalue weighted by atomic mass is 9.93. The number of aliphatic carboxylic acids is 1. The summed E-state index contributed by atoms with van der Waals surface area (Å²) in [7, 11) is 0. The molecule has 3 N–H and O–H groups in total. The third-order valence-corrected chi connectivity index (χ3v) is 3.17. The van der Waals surface area contributed by atoms with E-state index in [9.17, 15) is 4.79 Å². The van der Waals surface area contributed by atoms with Gasteiger partial charge in [-0.1, -0.05) is 0 Å². The predicted molar refractivity (Wildman–Crippen MR) is 73.4 cm³/mol. The minimum absolute atomic E-state index is 0.0639. The van der Waals surface area contributed by atoms with Crippen LogP contribution in [0.15, 0.2) is 6.07 Å². The molecular weight excluding hydrogens is 244 g/mol. The monoisotopic (exact) mass is 264 g/mol. The number of hydrogen-bond donors (Lipinski definition) is 3. The maximum absolute atomic E-state index is 10.6. The number of anilines is 2. The van der Waals surface area contributed by atoms with Gasteiger partial charge in [0.1, 0.15) is 17.5 Å². The van der Waals surface area contributed by atoms with Gasteiger partial charge in [-0.3, -0.25) is 4.79 Å². The highest BCUT2D eigenvalue weighted by molar-refractivity contribution is 5.68. The molecule has 6 heteroatoms. The number of nitrogens with zero attached hydrogens (tertiary/aromatic N) is 2. The number of aryl methyl sites for hydroxylation is 1. The van der Waals surface area contributed by atoms with E-state index in [-0.39, 0.29) is 12.5 Å². The largest absolute Gasteiger partial charge is 0.481 e.